The van der Waals surface area contributed by atoms with Gasteiger partial charge in [-0.3, -0.25) is 20.1 Å². The summed E-state index contributed by atoms with van der Waals surface area (Å²) in [6.45, 7) is 11.6. The monoisotopic (exact) mass is 815 g/mol. The Morgan fingerprint density at radius 2 is 1.45 bits per heavy atom. The number of aliphatic imine (C=N–C) groups is 1. The van der Waals surface area contributed by atoms with Gasteiger partial charge in [0.1, 0.15) is 17.1 Å². The summed E-state index contributed by atoms with van der Waals surface area (Å²) in [6, 6.07) is 18.4. The number of nitriles is 2. The summed E-state index contributed by atoms with van der Waals surface area (Å²) < 4.78 is 0. The van der Waals surface area contributed by atoms with Crippen LogP contribution in [0.1, 0.15) is 79.2 Å². The minimum atomic E-state index is -0.781. The molecule has 296 valence electrons. The molecule has 3 heterocycles. The average molecular weight is 817 g/mol. The SMILES string of the molecule is Cc1c(N2C(=O)N(CCc3ccncc3)C3(CCCC3)C2=O)ccc(C#N)c1Cl.N#CC1(NCCc2ccncc2)CCCC1.[C-]#[N+]c1ccc(N=C=O)c(Cl)c1C. The maximum atomic E-state index is 13.5. The maximum Gasteiger partial charge on any atom is 0.332 e. The van der Waals surface area contributed by atoms with Gasteiger partial charge in [-0.2, -0.15) is 15.5 Å². The molecule has 1 N–H and O–H groups in total. The largest absolute Gasteiger partial charge is 0.332 e. The molecule has 3 fully saturated rings. The standard InChI is InChI=1S/C22H21ClN4O2.C13H17N3.C9H5ClN2O/c1-15-18(5-4-17(14-24)19(15)23)27-20(28)22(9-2-3-10-22)26(21(27)29)13-8-16-6-11-25-12-7-16;14-11-13(6-1-2-7-13)16-10-5-12-3-8-15-9-4-12;1-6-7(11-2)3-4-8(9(6)10)12-5-13/h4-7,11-12H,2-3,8-10,13H2,1H3;3-4,8-9,16H,1-2,5-7,10H2;3-4H,1H3. The van der Waals surface area contributed by atoms with E-state index >= 15 is 0 Å². The fourth-order valence-electron chi connectivity index (χ4n) is 7.69. The Hall–Kier alpha value is -5.93. The number of rotatable bonds is 9. The van der Waals surface area contributed by atoms with E-state index in [1.165, 1.54) is 35.5 Å². The number of halogens is 2. The van der Waals surface area contributed by atoms with Crippen molar-refractivity contribution in [1.29, 1.82) is 10.5 Å². The molecule has 1 spiro atoms. The number of carbonyl (C=O) groups is 2. The molecule has 7 rings (SSSR count). The molecule has 0 bridgehead atoms. The van der Waals surface area contributed by atoms with E-state index in [0.29, 0.717) is 64.6 Å². The molecule has 2 aliphatic carbocycles. The van der Waals surface area contributed by atoms with Gasteiger partial charge in [-0.25, -0.2) is 19.3 Å². The molecule has 12 nitrogen and oxygen atoms in total. The fourth-order valence-corrected chi connectivity index (χ4v) is 8.10. The fraction of sp³-hybridized carbons (Fsp3) is 0.364. The maximum absolute atomic E-state index is 13.5. The number of aromatic nitrogens is 2. The van der Waals surface area contributed by atoms with Crippen molar-refractivity contribution in [2.45, 2.75) is 89.1 Å². The first-order valence-corrected chi connectivity index (χ1v) is 19.8. The Morgan fingerprint density at radius 1 is 0.845 bits per heavy atom. The third kappa shape index (κ3) is 9.60. The first kappa shape index (κ1) is 43.2. The number of isocyanates is 1. The quantitative estimate of drug-likeness (QED) is 0.0757. The zero-order valence-electron chi connectivity index (χ0n) is 32.5. The summed E-state index contributed by atoms with van der Waals surface area (Å²) in [5.74, 6) is -0.182. The lowest BCUT2D eigenvalue weighted by Gasteiger charge is -2.31. The smallest absolute Gasteiger partial charge is 0.309 e. The summed E-state index contributed by atoms with van der Waals surface area (Å²) in [7, 11) is 0. The van der Waals surface area contributed by atoms with Crippen LogP contribution in [0.5, 0.6) is 0 Å². The number of amides is 3. The van der Waals surface area contributed by atoms with Crippen LogP contribution < -0.4 is 10.2 Å². The van der Waals surface area contributed by atoms with Crippen LogP contribution in [-0.2, 0) is 22.4 Å². The van der Waals surface area contributed by atoms with Gasteiger partial charge in [0.2, 0.25) is 6.08 Å². The van der Waals surface area contributed by atoms with E-state index in [9.17, 15) is 24.9 Å². The molecule has 1 aliphatic heterocycles. The average Bonchev–Trinajstić information content (AvgIpc) is 3.98. The van der Waals surface area contributed by atoms with E-state index in [1.54, 1.807) is 49.3 Å². The van der Waals surface area contributed by atoms with Gasteiger partial charge in [-0.15, -0.1) is 0 Å². The van der Waals surface area contributed by atoms with Crippen LogP contribution >= 0.6 is 23.2 Å². The van der Waals surface area contributed by atoms with E-state index < -0.39 is 5.54 Å². The van der Waals surface area contributed by atoms with Gasteiger partial charge in [-0.05, 0) is 117 Å². The van der Waals surface area contributed by atoms with Crippen LogP contribution in [0.2, 0.25) is 10.0 Å². The van der Waals surface area contributed by atoms with Crippen molar-refractivity contribution in [3.8, 4) is 12.1 Å². The van der Waals surface area contributed by atoms with Crippen LogP contribution in [0.4, 0.5) is 21.9 Å². The number of anilines is 1. The highest BCUT2D eigenvalue weighted by Crippen LogP contribution is 2.45. The molecule has 3 amide bonds. The molecular weight excluding hydrogens is 773 g/mol. The zero-order chi connectivity index (χ0) is 41.7. The number of hydrogen-bond donors (Lipinski definition) is 1. The summed E-state index contributed by atoms with van der Waals surface area (Å²) in [6.07, 6.45) is 17.6. The summed E-state index contributed by atoms with van der Waals surface area (Å²) >= 11 is 12.1. The van der Waals surface area contributed by atoms with E-state index in [0.717, 1.165) is 44.2 Å². The van der Waals surface area contributed by atoms with Gasteiger partial charge in [0.25, 0.3) is 5.91 Å². The third-order valence-electron chi connectivity index (χ3n) is 11.0. The Bertz CT molecular complexity index is 2280. The molecule has 0 atom stereocenters. The normalized spacial score (nSPS) is 15.9. The molecule has 2 aromatic heterocycles. The second-order valence-corrected chi connectivity index (χ2v) is 15.1. The number of imide groups is 1. The molecule has 0 radical (unpaired) electrons. The number of benzene rings is 2. The molecule has 2 aromatic carbocycles. The molecule has 0 unspecified atom stereocenters. The Labute approximate surface area is 349 Å². The van der Waals surface area contributed by atoms with Gasteiger partial charge in [-0.1, -0.05) is 55.0 Å². The molecular formula is C44H43Cl2N9O3. The molecule has 3 aliphatic rings. The number of nitrogens with zero attached hydrogens (tertiary/aromatic N) is 8. The van der Waals surface area contributed by atoms with Crippen molar-refractivity contribution in [1.82, 2.24) is 20.2 Å². The number of pyridine rings is 2. The van der Waals surface area contributed by atoms with Crippen LogP contribution in [0, 0.1) is 43.1 Å². The summed E-state index contributed by atoms with van der Waals surface area (Å²) in [5, 5.41) is 22.4. The van der Waals surface area contributed by atoms with Crippen LogP contribution in [0.3, 0.4) is 0 Å². The number of nitrogens with one attached hydrogen (secondary N) is 1. The summed E-state index contributed by atoms with van der Waals surface area (Å²) in [5.41, 5.74) is 4.13. The summed E-state index contributed by atoms with van der Waals surface area (Å²) in [4.78, 5) is 54.6. The predicted molar refractivity (Wildman–Crippen MR) is 223 cm³/mol. The first-order valence-electron chi connectivity index (χ1n) is 19.1. The topological polar surface area (TPSA) is 160 Å². The molecule has 14 heteroatoms. The Balaban J connectivity index is 0.000000186. The lowest BCUT2D eigenvalue weighted by molar-refractivity contribution is -0.124. The van der Waals surface area contributed by atoms with E-state index in [-0.39, 0.29) is 22.5 Å². The van der Waals surface area contributed by atoms with E-state index in [4.69, 9.17) is 29.8 Å². The number of carbonyl (C=O) groups excluding carboxylic acids is 3. The third-order valence-corrected chi connectivity index (χ3v) is 11.9. The van der Waals surface area contributed by atoms with Gasteiger partial charge in [0.15, 0.2) is 5.69 Å². The minimum absolute atomic E-state index is 0.182. The Morgan fingerprint density at radius 3 is 2.02 bits per heavy atom. The lowest BCUT2D eigenvalue weighted by Crippen LogP contribution is -2.48. The highest BCUT2D eigenvalue weighted by Gasteiger charge is 2.58. The Kier molecular flexibility index (Phi) is 14.9. The number of urea groups is 1. The van der Waals surface area contributed by atoms with Gasteiger partial charge >= 0.3 is 6.03 Å². The molecule has 4 aromatic rings. The van der Waals surface area contributed by atoms with Gasteiger partial charge in [0.05, 0.1) is 39.6 Å². The van der Waals surface area contributed by atoms with Crippen molar-refractivity contribution >= 4 is 58.3 Å². The van der Waals surface area contributed by atoms with Crippen molar-refractivity contribution in [3.05, 3.63) is 123 Å². The first-order chi connectivity index (χ1) is 28.0. The van der Waals surface area contributed by atoms with E-state index in [2.05, 4.69) is 31.2 Å². The molecule has 58 heavy (non-hydrogen) atoms. The van der Waals surface area contributed by atoms with Gasteiger partial charge in [0, 0.05) is 37.9 Å². The number of hydrogen-bond acceptors (Lipinski definition) is 9. The highest BCUT2D eigenvalue weighted by molar-refractivity contribution is 6.34. The van der Waals surface area contributed by atoms with Crippen molar-refractivity contribution < 1.29 is 14.4 Å². The van der Waals surface area contributed by atoms with Crippen LogP contribution in [0.15, 0.2) is 78.3 Å². The second kappa shape index (κ2) is 20.0. The van der Waals surface area contributed by atoms with Crippen molar-refractivity contribution in [2.24, 2.45) is 4.99 Å². The second-order valence-electron chi connectivity index (χ2n) is 14.4. The van der Waals surface area contributed by atoms with Crippen molar-refractivity contribution in [3.63, 3.8) is 0 Å². The van der Waals surface area contributed by atoms with Gasteiger partial charge < -0.3 is 4.90 Å². The van der Waals surface area contributed by atoms with Crippen molar-refractivity contribution in [2.75, 3.05) is 18.0 Å². The molecule has 2 saturated carbocycles. The van der Waals surface area contributed by atoms with Crippen LogP contribution in [-0.4, -0.2) is 57.1 Å². The molecule has 1 saturated heterocycles. The van der Waals surface area contributed by atoms with E-state index in [1.807, 2.05) is 42.7 Å². The lowest BCUT2D eigenvalue weighted by atomic mass is 9.95. The predicted octanol–water partition coefficient (Wildman–Crippen LogP) is 9.46. The minimum Gasteiger partial charge on any atom is -0.309 e. The zero-order valence-corrected chi connectivity index (χ0v) is 34.0. The van der Waals surface area contributed by atoms with Crippen LogP contribution in [0.25, 0.3) is 4.85 Å². The highest BCUT2D eigenvalue weighted by atomic mass is 35.5.